The number of nitrogens with one attached hydrogen (secondary N) is 1. The molecule has 0 amide bonds. The minimum Gasteiger partial charge on any atom is -0.487 e. The van der Waals surface area contributed by atoms with Crippen molar-refractivity contribution in [2.45, 2.75) is 31.8 Å². The van der Waals surface area contributed by atoms with Crippen molar-refractivity contribution in [2.75, 3.05) is 32.0 Å². The van der Waals surface area contributed by atoms with E-state index in [0.717, 1.165) is 44.6 Å². The minimum absolute atomic E-state index is 0.00419. The maximum atomic E-state index is 6.37. The minimum atomic E-state index is 0.00419. The smallest absolute Gasteiger partial charge is 0.125 e. The van der Waals surface area contributed by atoms with Crippen LogP contribution in [0.4, 0.5) is 5.69 Å². The summed E-state index contributed by atoms with van der Waals surface area (Å²) in [6, 6.07) is 6.35. The monoisotopic (exact) mass is 246 g/mol. The van der Waals surface area contributed by atoms with E-state index in [0.29, 0.717) is 0 Å². The third-order valence-corrected chi connectivity index (χ3v) is 4.22. The molecule has 1 aromatic carbocycles. The molecule has 1 fully saturated rings. The number of hydrogen-bond donors (Lipinski definition) is 1. The first-order chi connectivity index (χ1) is 8.66. The Hall–Kier alpha value is -1.22. The number of nitrogens with zero attached hydrogens (tertiary/aromatic N) is 1. The second kappa shape index (κ2) is 4.47. The van der Waals surface area contributed by atoms with Crippen LogP contribution in [-0.2, 0) is 6.42 Å². The van der Waals surface area contributed by atoms with Crippen LogP contribution in [0.15, 0.2) is 18.2 Å². The van der Waals surface area contributed by atoms with Crippen molar-refractivity contribution in [2.24, 2.45) is 0 Å². The summed E-state index contributed by atoms with van der Waals surface area (Å²) < 4.78 is 6.37. The van der Waals surface area contributed by atoms with E-state index < -0.39 is 0 Å². The number of piperidine rings is 1. The van der Waals surface area contributed by atoms with Gasteiger partial charge in [0, 0.05) is 30.9 Å². The third kappa shape index (κ3) is 2.19. The summed E-state index contributed by atoms with van der Waals surface area (Å²) in [5.41, 5.74) is 2.62. The summed E-state index contributed by atoms with van der Waals surface area (Å²) in [4.78, 5) is 2.38. The van der Waals surface area contributed by atoms with E-state index >= 15 is 0 Å². The Balaban J connectivity index is 1.78. The van der Waals surface area contributed by atoms with E-state index in [-0.39, 0.29) is 5.60 Å². The average molecular weight is 246 g/mol. The quantitative estimate of drug-likeness (QED) is 0.868. The molecule has 3 nitrogen and oxygen atoms in total. The van der Waals surface area contributed by atoms with Gasteiger partial charge in [-0.1, -0.05) is 6.07 Å². The molecule has 2 aliphatic rings. The molecule has 0 saturated carbocycles. The van der Waals surface area contributed by atoms with Gasteiger partial charge in [0.05, 0.1) is 0 Å². The van der Waals surface area contributed by atoms with Gasteiger partial charge in [-0.15, -0.1) is 0 Å². The van der Waals surface area contributed by atoms with Crippen LogP contribution in [0.2, 0.25) is 0 Å². The molecule has 0 aliphatic carbocycles. The lowest BCUT2D eigenvalue weighted by Crippen LogP contribution is -2.44. The Labute approximate surface area is 109 Å². The molecular formula is C15H22N2O. The van der Waals surface area contributed by atoms with Crippen LogP contribution in [0.1, 0.15) is 25.3 Å². The lowest BCUT2D eigenvalue weighted by molar-refractivity contribution is 0.0235. The molecule has 1 aromatic rings. The summed E-state index contributed by atoms with van der Waals surface area (Å²) in [5.74, 6) is 1.09. The third-order valence-electron chi connectivity index (χ3n) is 4.22. The number of likely N-dealkylation sites (tertiary alicyclic amines) is 1. The van der Waals surface area contributed by atoms with Gasteiger partial charge in [-0.25, -0.2) is 0 Å². The highest BCUT2D eigenvalue weighted by molar-refractivity contribution is 5.61. The molecular weight excluding hydrogens is 224 g/mol. The first-order valence-electron chi connectivity index (χ1n) is 6.90. The fourth-order valence-electron chi connectivity index (χ4n) is 2.87. The number of fused-ring (bicyclic) bond motifs is 1. The van der Waals surface area contributed by atoms with Crippen molar-refractivity contribution in [1.29, 1.82) is 0 Å². The molecule has 0 bridgehead atoms. The molecule has 0 radical (unpaired) electrons. The number of anilines is 1. The van der Waals surface area contributed by atoms with Gasteiger partial charge in [-0.3, -0.25) is 0 Å². The summed E-state index contributed by atoms with van der Waals surface area (Å²) in [6.07, 6.45) is 3.31. The fraction of sp³-hybridized carbons (Fsp3) is 0.600. The zero-order chi connectivity index (χ0) is 12.6. The predicted octanol–water partition coefficient (Wildman–Crippen LogP) is 2.52. The van der Waals surface area contributed by atoms with Crippen LogP contribution in [0.5, 0.6) is 5.75 Å². The van der Waals surface area contributed by atoms with E-state index in [2.05, 4.69) is 42.4 Å². The van der Waals surface area contributed by atoms with Gasteiger partial charge in [0.25, 0.3) is 0 Å². The molecule has 0 aromatic heterocycles. The fourth-order valence-corrected chi connectivity index (χ4v) is 2.87. The highest BCUT2D eigenvalue weighted by atomic mass is 16.5. The van der Waals surface area contributed by atoms with Gasteiger partial charge < -0.3 is 15.0 Å². The zero-order valence-corrected chi connectivity index (χ0v) is 11.3. The van der Waals surface area contributed by atoms with E-state index in [1.807, 2.05) is 0 Å². The second-order valence-corrected chi connectivity index (χ2v) is 5.81. The molecule has 0 unspecified atom stereocenters. The van der Waals surface area contributed by atoms with Crippen LogP contribution >= 0.6 is 0 Å². The lowest BCUT2D eigenvalue weighted by Gasteiger charge is -2.38. The van der Waals surface area contributed by atoms with Crippen molar-refractivity contribution >= 4 is 5.69 Å². The Morgan fingerprint density at radius 2 is 2.06 bits per heavy atom. The molecule has 2 heterocycles. The molecule has 1 N–H and O–H groups in total. The zero-order valence-electron chi connectivity index (χ0n) is 11.3. The normalized spacial score (nSPS) is 22.3. The Bertz CT molecular complexity index is 436. The first-order valence-corrected chi connectivity index (χ1v) is 6.90. The van der Waals surface area contributed by atoms with Gasteiger partial charge in [0.1, 0.15) is 11.4 Å². The summed E-state index contributed by atoms with van der Waals surface area (Å²) in [7, 11) is 2.18. The maximum absolute atomic E-state index is 6.37. The van der Waals surface area contributed by atoms with Crippen LogP contribution in [0, 0.1) is 0 Å². The average Bonchev–Trinajstić information content (AvgIpc) is 2.83. The Morgan fingerprint density at radius 3 is 2.83 bits per heavy atom. The molecule has 2 aliphatic heterocycles. The number of benzene rings is 1. The molecule has 3 rings (SSSR count). The van der Waals surface area contributed by atoms with Crippen LogP contribution < -0.4 is 10.1 Å². The van der Waals surface area contributed by atoms with Gasteiger partial charge in [-0.05, 0) is 45.4 Å². The van der Waals surface area contributed by atoms with Crippen LogP contribution in [-0.4, -0.2) is 37.2 Å². The highest BCUT2D eigenvalue weighted by Crippen LogP contribution is 2.35. The van der Waals surface area contributed by atoms with Crippen molar-refractivity contribution < 1.29 is 4.74 Å². The largest absolute Gasteiger partial charge is 0.487 e. The molecule has 98 valence electrons. The number of rotatable bonds is 2. The topological polar surface area (TPSA) is 24.5 Å². The van der Waals surface area contributed by atoms with E-state index in [9.17, 15) is 0 Å². The highest BCUT2D eigenvalue weighted by Gasteiger charge is 2.32. The molecule has 3 heteroatoms. The Morgan fingerprint density at radius 1 is 1.28 bits per heavy atom. The summed E-state index contributed by atoms with van der Waals surface area (Å²) in [6.45, 7) is 5.55. The van der Waals surface area contributed by atoms with Crippen LogP contribution in [0.25, 0.3) is 0 Å². The van der Waals surface area contributed by atoms with Crippen molar-refractivity contribution in [3.63, 3.8) is 0 Å². The molecule has 0 atom stereocenters. The van der Waals surface area contributed by atoms with Crippen LogP contribution in [0.3, 0.4) is 0 Å². The standard InChI is InChI=1S/C15H22N2O/c1-15(7-10-17(2)11-8-15)18-14-5-3-4-13-12(14)6-9-16-13/h3-5,16H,6-11H2,1-2H3. The number of ether oxygens (including phenoxy) is 1. The SMILES string of the molecule is CN1CCC(C)(Oc2cccc3c2CCN3)CC1. The maximum Gasteiger partial charge on any atom is 0.125 e. The molecule has 1 saturated heterocycles. The van der Waals surface area contributed by atoms with Gasteiger partial charge in [-0.2, -0.15) is 0 Å². The first kappa shape index (κ1) is 11.8. The van der Waals surface area contributed by atoms with Crippen molar-refractivity contribution in [3.8, 4) is 5.75 Å². The van der Waals surface area contributed by atoms with E-state index in [4.69, 9.17) is 4.74 Å². The van der Waals surface area contributed by atoms with Crippen molar-refractivity contribution in [3.05, 3.63) is 23.8 Å². The summed E-state index contributed by atoms with van der Waals surface area (Å²) in [5, 5.41) is 3.41. The van der Waals surface area contributed by atoms with E-state index in [1.165, 1.54) is 11.3 Å². The molecule has 18 heavy (non-hydrogen) atoms. The lowest BCUT2D eigenvalue weighted by atomic mass is 9.93. The summed E-state index contributed by atoms with van der Waals surface area (Å²) >= 11 is 0. The number of hydrogen-bond acceptors (Lipinski definition) is 3. The van der Waals surface area contributed by atoms with Crippen molar-refractivity contribution in [1.82, 2.24) is 4.90 Å². The second-order valence-electron chi connectivity index (χ2n) is 5.81. The van der Waals surface area contributed by atoms with Gasteiger partial charge in [0.15, 0.2) is 0 Å². The van der Waals surface area contributed by atoms with Gasteiger partial charge >= 0.3 is 0 Å². The Kier molecular flexibility index (Phi) is 2.94. The predicted molar refractivity (Wildman–Crippen MR) is 74.4 cm³/mol. The van der Waals surface area contributed by atoms with Gasteiger partial charge in [0.2, 0.25) is 0 Å². The van der Waals surface area contributed by atoms with E-state index in [1.54, 1.807) is 0 Å². The molecule has 0 spiro atoms.